The maximum absolute atomic E-state index is 12.7. The third-order valence-electron chi connectivity index (χ3n) is 4.90. The first kappa shape index (κ1) is 18.5. The van der Waals surface area contributed by atoms with Crippen LogP contribution in [0.5, 0.6) is 5.75 Å². The summed E-state index contributed by atoms with van der Waals surface area (Å²) in [4.78, 5) is 15.1. The van der Waals surface area contributed by atoms with Gasteiger partial charge in [-0.3, -0.25) is 14.8 Å². The molecule has 0 aliphatic carbocycles. The smallest absolute Gasteiger partial charge is 0.260 e. The molecule has 0 saturated heterocycles. The molecule has 0 bridgehead atoms. The third-order valence-corrected chi connectivity index (χ3v) is 5.13. The van der Waals surface area contributed by atoms with Crippen LogP contribution in [0.3, 0.4) is 0 Å². The summed E-state index contributed by atoms with van der Waals surface area (Å²) in [5, 5.41) is 10.8. The van der Waals surface area contributed by atoms with Crippen LogP contribution in [0.2, 0.25) is 5.02 Å². The minimum absolute atomic E-state index is 0.291. The monoisotopic (exact) mass is 396 g/mol. The van der Waals surface area contributed by atoms with Crippen LogP contribution in [0, 0.1) is 0 Å². The number of methoxy groups -OCH3 is 1. The lowest BCUT2D eigenvalue weighted by atomic mass is 10.1. The summed E-state index contributed by atoms with van der Waals surface area (Å²) in [6, 6.07) is 15.4. The van der Waals surface area contributed by atoms with Crippen molar-refractivity contribution in [2.75, 3.05) is 19.0 Å². The van der Waals surface area contributed by atoms with E-state index >= 15 is 0 Å². The fourth-order valence-corrected chi connectivity index (χ4v) is 3.66. The van der Waals surface area contributed by atoms with Crippen molar-refractivity contribution in [2.24, 2.45) is 0 Å². The van der Waals surface area contributed by atoms with E-state index in [9.17, 15) is 4.79 Å². The van der Waals surface area contributed by atoms with E-state index in [1.54, 1.807) is 18.2 Å². The fraction of sp³-hybridized carbons (Fsp3) is 0.238. The van der Waals surface area contributed by atoms with Gasteiger partial charge in [0.2, 0.25) is 0 Å². The highest BCUT2D eigenvalue weighted by Gasteiger charge is 2.24. The lowest BCUT2D eigenvalue weighted by molar-refractivity contribution is 0.102. The molecule has 2 heterocycles. The first-order valence-corrected chi connectivity index (χ1v) is 9.49. The highest BCUT2D eigenvalue weighted by Crippen LogP contribution is 2.27. The molecule has 28 heavy (non-hydrogen) atoms. The highest BCUT2D eigenvalue weighted by molar-refractivity contribution is 6.31. The highest BCUT2D eigenvalue weighted by atomic mass is 35.5. The van der Waals surface area contributed by atoms with Gasteiger partial charge >= 0.3 is 0 Å². The standard InChI is InChI=1S/C21H21ClN4O2/c1-28-19-8-7-15(22)11-17(19)21(27)23-20-16-9-10-26(13-18(16)24-25-20)12-14-5-3-2-4-6-14/h2-8,11H,9-10,12-13H2,1H3,(H2,23,24,25,27). The summed E-state index contributed by atoms with van der Waals surface area (Å²) < 4.78 is 5.27. The number of carbonyl (C=O) groups is 1. The van der Waals surface area contributed by atoms with Crippen LogP contribution >= 0.6 is 11.6 Å². The number of hydrogen-bond acceptors (Lipinski definition) is 4. The van der Waals surface area contributed by atoms with Crippen LogP contribution in [0.15, 0.2) is 48.5 Å². The zero-order valence-electron chi connectivity index (χ0n) is 15.5. The largest absolute Gasteiger partial charge is 0.496 e. The number of amides is 1. The summed E-state index contributed by atoms with van der Waals surface area (Å²) in [5.41, 5.74) is 3.76. The normalized spacial score (nSPS) is 13.8. The van der Waals surface area contributed by atoms with E-state index in [1.165, 1.54) is 12.7 Å². The molecule has 2 N–H and O–H groups in total. The number of benzene rings is 2. The van der Waals surface area contributed by atoms with Gasteiger partial charge in [-0.25, -0.2) is 0 Å². The van der Waals surface area contributed by atoms with E-state index in [0.29, 0.717) is 22.2 Å². The van der Waals surface area contributed by atoms with E-state index in [0.717, 1.165) is 37.3 Å². The number of nitrogens with one attached hydrogen (secondary N) is 2. The third kappa shape index (κ3) is 3.88. The van der Waals surface area contributed by atoms with Crippen LogP contribution in [0.4, 0.5) is 5.82 Å². The number of carbonyl (C=O) groups excluding carboxylic acids is 1. The molecular formula is C21H21ClN4O2. The summed E-state index contributed by atoms with van der Waals surface area (Å²) in [6.45, 7) is 2.57. The van der Waals surface area contributed by atoms with Crippen LogP contribution in [-0.2, 0) is 19.5 Å². The Morgan fingerprint density at radius 1 is 1.29 bits per heavy atom. The van der Waals surface area contributed by atoms with Gasteiger partial charge in [0.15, 0.2) is 5.82 Å². The van der Waals surface area contributed by atoms with Crippen molar-refractivity contribution in [2.45, 2.75) is 19.5 Å². The Kier molecular flexibility index (Phi) is 5.32. The van der Waals surface area contributed by atoms with E-state index in [2.05, 4.69) is 44.7 Å². The minimum atomic E-state index is -0.291. The lowest BCUT2D eigenvalue weighted by Gasteiger charge is -2.26. The number of aromatic nitrogens is 2. The molecule has 4 rings (SSSR count). The second-order valence-electron chi connectivity index (χ2n) is 6.77. The van der Waals surface area contributed by atoms with Crippen molar-refractivity contribution in [3.8, 4) is 5.75 Å². The average molecular weight is 397 g/mol. The Morgan fingerprint density at radius 3 is 2.89 bits per heavy atom. The van der Waals surface area contributed by atoms with Crippen LogP contribution < -0.4 is 10.1 Å². The van der Waals surface area contributed by atoms with Crippen LogP contribution in [0.1, 0.15) is 27.2 Å². The predicted octanol–water partition coefficient (Wildman–Crippen LogP) is 3.88. The number of fused-ring (bicyclic) bond motifs is 1. The van der Waals surface area contributed by atoms with E-state index in [1.807, 2.05) is 6.07 Å². The van der Waals surface area contributed by atoms with Crippen molar-refractivity contribution in [1.29, 1.82) is 0 Å². The van der Waals surface area contributed by atoms with Gasteiger partial charge in [-0.05, 0) is 30.2 Å². The average Bonchev–Trinajstić information content (AvgIpc) is 3.10. The molecule has 0 fully saturated rings. The molecule has 3 aromatic rings. The molecule has 0 spiro atoms. The molecule has 1 aliphatic heterocycles. The van der Waals surface area contributed by atoms with Gasteiger partial charge in [-0.15, -0.1) is 0 Å². The van der Waals surface area contributed by atoms with Crippen molar-refractivity contribution < 1.29 is 9.53 Å². The maximum Gasteiger partial charge on any atom is 0.260 e. The summed E-state index contributed by atoms with van der Waals surface area (Å²) in [5.74, 6) is 0.752. The zero-order chi connectivity index (χ0) is 19.5. The molecule has 0 unspecified atom stereocenters. The Labute approximate surface area is 168 Å². The number of H-pyrrole nitrogens is 1. The van der Waals surface area contributed by atoms with Crippen molar-refractivity contribution >= 4 is 23.3 Å². The molecule has 6 nitrogen and oxygen atoms in total. The second-order valence-corrected chi connectivity index (χ2v) is 7.21. The molecule has 0 saturated carbocycles. The Hall–Kier alpha value is -2.83. The van der Waals surface area contributed by atoms with Gasteiger partial charge in [0.1, 0.15) is 5.75 Å². The molecule has 0 radical (unpaired) electrons. The van der Waals surface area contributed by atoms with Crippen molar-refractivity contribution in [1.82, 2.24) is 15.1 Å². The molecule has 7 heteroatoms. The number of ether oxygens (including phenoxy) is 1. The Balaban J connectivity index is 1.47. The van der Waals surface area contributed by atoms with Crippen LogP contribution in [-0.4, -0.2) is 34.7 Å². The molecule has 0 atom stereocenters. The quantitative estimate of drug-likeness (QED) is 0.686. The fourth-order valence-electron chi connectivity index (χ4n) is 3.49. The number of nitrogens with zero attached hydrogens (tertiary/aromatic N) is 2. The van der Waals surface area contributed by atoms with Gasteiger partial charge in [0, 0.05) is 30.2 Å². The molecule has 2 aromatic carbocycles. The Bertz CT molecular complexity index is 987. The summed E-state index contributed by atoms with van der Waals surface area (Å²) >= 11 is 6.03. The number of hydrogen-bond donors (Lipinski definition) is 2. The number of rotatable bonds is 5. The number of anilines is 1. The second kappa shape index (κ2) is 8.04. The van der Waals surface area contributed by atoms with Crippen molar-refractivity contribution in [3.05, 3.63) is 75.9 Å². The van der Waals surface area contributed by atoms with Crippen molar-refractivity contribution in [3.63, 3.8) is 0 Å². The van der Waals surface area contributed by atoms with E-state index in [4.69, 9.17) is 16.3 Å². The molecule has 1 aliphatic rings. The Morgan fingerprint density at radius 2 is 2.11 bits per heavy atom. The van der Waals surface area contributed by atoms with Gasteiger partial charge < -0.3 is 10.1 Å². The first-order chi connectivity index (χ1) is 13.6. The van der Waals surface area contributed by atoms with Gasteiger partial charge in [-0.1, -0.05) is 41.9 Å². The topological polar surface area (TPSA) is 70.2 Å². The van der Waals surface area contributed by atoms with E-state index < -0.39 is 0 Å². The minimum Gasteiger partial charge on any atom is -0.496 e. The van der Waals surface area contributed by atoms with Gasteiger partial charge in [0.05, 0.1) is 18.4 Å². The molecule has 1 amide bonds. The summed E-state index contributed by atoms with van der Waals surface area (Å²) in [6.07, 6.45) is 0.820. The summed E-state index contributed by atoms with van der Waals surface area (Å²) in [7, 11) is 1.53. The van der Waals surface area contributed by atoms with Crippen LogP contribution in [0.25, 0.3) is 0 Å². The maximum atomic E-state index is 12.7. The van der Waals surface area contributed by atoms with Gasteiger partial charge in [-0.2, -0.15) is 5.10 Å². The predicted molar refractivity (Wildman–Crippen MR) is 109 cm³/mol. The molecular weight excluding hydrogens is 376 g/mol. The van der Waals surface area contributed by atoms with Gasteiger partial charge in [0.25, 0.3) is 5.91 Å². The van der Waals surface area contributed by atoms with E-state index in [-0.39, 0.29) is 5.91 Å². The molecule has 144 valence electrons. The first-order valence-electron chi connectivity index (χ1n) is 9.11. The zero-order valence-corrected chi connectivity index (χ0v) is 16.3. The number of halogens is 1. The molecule has 1 aromatic heterocycles. The SMILES string of the molecule is COc1ccc(Cl)cc1C(=O)Nc1n[nH]c2c1CCN(Cc1ccccc1)C2. The number of aromatic amines is 1. The lowest BCUT2D eigenvalue weighted by Crippen LogP contribution is -2.30.